The molecular weight excluding hydrogens is 319 g/mol. The van der Waals surface area contributed by atoms with E-state index in [-0.39, 0.29) is 28.7 Å². The van der Waals surface area contributed by atoms with Crippen molar-refractivity contribution in [2.24, 2.45) is 0 Å². The van der Waals surface area contributed by atoms with Gasteiger partial charge in [-0.2, -0.15) is 5.26 Å². The molecule has 2 N–H and O–H groups in total. The van der Waals surface area contributed by atoms with Gasteiger partial charge in [0, 0.05) is 13.7 Å². The first-order valence-electron chi connectivity index (χ1n) is 5.36. The summed E-state index contributed by atoms with van der Waals surface area (Å²) in [6.07, 6.45) is -0.742. The highest BCUT2D eigenvalue weighted by atomic mass is 79.9. The summed E-state index contributed by atoms with van der Waals surface area (Å²) in [4.78, 5) is 10.6. The van der Waals surface area contributed by atoms with Crippen LogP contribution in [0.15, 0.2) is 16.6 Å². The van der Waals surface area contributed by atoms with Gasteiger partial charge in [0.1, 0.15) is 6.07 Å². The Morgan fingerprint density at radius 1 is 1.68 bits per heavy atom. The Morgan fingerprint density at radius 3 is 2.89 bits per heavy atom. The third-order valence-electron chi connectivity index (χ3n) is 2.46. The zero-order valence-corrected chi connectivity index (χ0v) is 11.7. The monoisotopic (exact) mass is 330 g/mol. The standard InChI is InChI=1S/C12H12BrFN2O3/c1-19-8(4-10(17)18)6-16-9-3-2-7(5-15)11(13)12(9)14/h2-3,8,16H,4,6H2,1H3,(H,17,18). The summed E-state index contributed by atoms with van der Waals surface area (Å²) >= 11 is 2.99. The maximum atomic E-state index is 13.8. The number of halogens is 2. The van der Waals surface area contributed by atoms with Gasteiger partial charge in [0.05, 0.1) is 28.2 Å². The predicted octanol–water partition coefficient (Wildman–Crippen LogP) is 2.36. The van der Waals surface area contributed by atoms with Crippen molar-refractivity contribution in [3.63, 3.8) is 0 Å². The van der Waals surface area contributed by atoms with Crippen molar-refractivity contribution in [3.05, 3.63) is 28.0 Å². The molecule has 0 aromatic heterocycles. The highest BCUT2D eigenvalue weighted by Crippen LogP contribution is 2.26. The molecule has 19 heavy (non-hydrogen) atoms. The average Bonchev–Trinajstić information content (AvgIpc) is 2.38. The first-order valence-corrected chi connectivity index (χ1v) is 6.15. The molecule has 0 amide bonds. The van der Waals surface area contributed by atoms with Crippen LogP contribution in [-0.4, -0.2) is 30.8 Å². The first kappa shape index (κ1) is 15.4. The minimum atomic E-state index is -0.991. The Labute approximate surface area is 118 Å². The predicted molar refractivity (Wildman–Crippen MR) is 70.4 cm³/mol. The summed E-state index contributed by atoms with van der Waals surface area (Å²) in [5, 5.41) is 20.1. The van der Waals surface area contributed by atoms with E-state index in [1.165, 1.54) is 19.2 Å². The SMILES string of the molecule is COC(CNc1ccc(C#N)c(Br)c1F)CC(=O)O. The van der Waals surface area contributed by atoms with Crippen LogP contribution < -0.4 is 5.32 Å². The smallest absolute Gasteiger partial charge is 0.306 e. The van der Waals surface area contributed by atoms with Gasteiger partial charge in [0.2, 0.25) is 0 Å². The normalized spacial score (nSPS) is 11.7. The Kier molecular flexibility index (Phi) is 5.73. The van der Waals surface area contributed by atoms with Gasteiger partial charge in [-0.1, -0.05) is 0 Å². The number of rotatable bonds is 6. The molecule has 1 aromatic carbocycles. The first-order chi connectivity index (χ1) is 8.99. The van der Waals surface area contributed by atoms with Crippen LogP contribution >= 0.6 is 15.9 Å². The Balaban J connectivity index is 2.76. The van der Waals surface area contributed by atoms with E-state index >= 15 is 0 Å². The Hall–Kier alpha value is -1.65. The number of anilines is 1. The van der Waals surface area contributed by atoms with Gasteiger partial charge in [0.25, 0.3) is 0 Å². The van der Waals surface area contributed by atoms with Crippen molar-refractivity contribution >= 4 is 27.6 Å². The molecule has 1 aromatic rings. The van der Waals surface area contributed by atoms with Crippen molar-refractivity contribution in [2.45, 2.75) is 12.5 Å². The second-order valence-electron chi connectivity index (χ2n) is 3.74. The van der Waals surface area contributed by atoms with Crippen LogP contribution in [0.4, 0.5) is 10.1 Å². The van der Waals surface area contributed by atoms with E-state index in [1.807, 2.05) is 6.07 Å². The number of benzene rings is 1. The second kappa shape index (κ2) is 7.07. The van der Waals surface area contributed by atoms with E-state index in [0.29, 0.717) is 0 Å². The number of nitrogens with zero attached hydrogens (tertiary/aromatic N) is 1. The molecule has 0 aliphatic carbocycles. The number of nitriles is 1. The maximum absolute atomic E-state index is 13.8. The molecule has 5 nitrogen and oxygen atoms in total. The molecule has 0 fully saturated rings. The third kappa shape index (κ3) is 4.19. The van der Waals surface area contributed by atoms with Crippen molar-refractivity contribution < 1.29 is 19.0 Å². The minimum Gasteiger partial charge on any atom is -0.481 e. The van der Waals surface area contributed by atoms with Crippen LogP contribution in [0, 0.1) is 17.1 Å². The van der Waals surface area contributed by atoms with Gasteiger partial charge in [0.15, 0.2) is 5.82 Å². The van der Waals surface area contributed by atoms with E-state index in [9.17, 15) is 9.18 Å². The summed E-state index contributed by atoms with van der Waals surface area (Å²) in [6.45, 7) is 0.151. The van der Waals surface area contributed by atoms with E-state index in [2.05, 4.69) is 21.2 Å². The largest absolute Gasteiger partial charge is 0.481 e. The lowest BCUT2D eigenvalue weighted by Gasteiger charge is -2.15. The van der Waals surface area contributed by atoms with Crippen LogP contribution in [0.1, 0.15) is 12.0 Å². The number of methoxy groups -OCH3 is 1. The second-order valence-corrected chi connectivity index (χ2v) is 4.53. The number of hydrogen-bond donors (Lipinski definition) is 2. The zero-order valence-electron chi connectivity index (χ0n) is 10.1. The van der Waals surface area contributed by atoms with Crippen LogP contribution in [0.2, 0.25) is 0 Å². The Bertz CT molecular complexity index is 516. The number of carboxylic acid groups (broad SMARTS) is 1. The molecule has 1 rings (SSSR count). The number of carbonyl (C=O) groups is 1. The van der Waals surface area contributed by atoms with E-state index in [0.717, 1.165) is 0 Å². The number of carboxylic acids is 1. The van der Waals surface area contributed by atoms with Crippen molar-refractivity contribution in [1.82, 2.24) is 0 Å². The van der Waals surface area contributed by atoms with E-state index in [4.69, 9.17) is 15.1 Å². The summed E-state index contributed by atoms with van der Waals surface area (Å²) in [5.41, 5.74) is 0.371. The van der Waals surface area contributed by atoms with Crippen molar-refractivity contribution in [3.8, 4) is 6.07 Å². The molecule has 102 valence electrons. The van der Waals surface area contributed by atoms with Crippen LogP contribution in [0.5, 0.6) is 0 Å². The van der Waals surface area contributed by atoms with Crippen molar-refractivity contribution in [1.29, 1.82) is 5.26 Å². The quantitative estimate of drug-likeness (QED) is 0.836. The highest BCUT2D eigenvalue weighted by Gasteiger charge is 2.15. The molecule has 0 saturated heterocycles. The number of nitrogens with one attached hydrogen (secondary N) is 1. The fourth-order valence-corrected chi connectivity index (χ4v) is 1.86. The lowest BCUT2D eigenvalue weighted by atomic mass is 10.2. The molecule has 0 heterocycles. The lowest BCUT2D eigenvalue weighted by molar-refractivity contribution is -0.139. The van der Waals surface area contributed by atoms with Gasteiger partial charge in [-0.25, -0.2) is 4.39 Å². The topological polar surface area (TPSA) is 82.3 Å². The fourth-order valence-electron chi connectivity index (χ4n) is 1.43. The molecule has 7 heteroatoms. The van der Waals surface area contributed by atoms with Crippen LogP contribution in [0.25, 0.3) is 0 Å². The molecular formula is C12H12BrFN2O3. The van der Waals surface area contributed by atoms with Gasteiger partial charge >= 0.3 is 5.97 Å². The number of ether oxygens (including phenoxy) is 1. The maximum Gasteiger partial charge on any atom is 0.306 e. The molecule has 0 aliphatic heterocycles. The van der Waals surface area contributed by atoms with Crippen molar-refractivity contribution in [2.75, 3.05) is 19.0 Å². The molecule has 1 atom stereocenters. The molecule has 1 unspecified atom stereocenters. The molecule has 0 bridgehead atoms. The third-order valence-corrected chi connectivity index (χ3v) is 3.23. The summed E-state index contributed by atoms with van der Waals surface area (Å²) in [5.74, 6) is -1.58. The van der Waals surface area contributed by atoms with Crippen LogP contribution in [-0.2, 0) is 9.53 Å². The van der Waals surface area contributed by atoms with E-state index < -0.39 is 17.9 Å². The summed E-state index contributed by atoms with van der Waals surface area (Å²) in [7, 11) is 1.39. The highest BCUT2D eigenvalue weighted by molar-refractivity contribution is 9.10. The average molecular weight is 331 g/mol. The summed E-state index contributed by atoms with van der Waals surface area (Å²) < 4.78 is 18.9. The van der Waals surface area contributed by atoms with Gasteiger partial charge in [-0.15, -0.1) is 0 Å². The molecule has 0 spiro atoms. The molecule has 0 radical (unpaired) electrons. The van der Waals surface area contributed by atoms with Gasteiger partial charge in [-0.05, 0) is 28.1 Å². The zero-order chi connectivity index (χ0) is 14.4. The Morgan fingerprint density at radius 2 is 2.37 bits per heavy atom. The fraction of sp³-hybridized carbons (Fsp3) is 0.333. The lowest BCUT2D eigenvalue weighted by Crippen LogP contribution is -2.25. The van der Waals surface area contributed by atoms with Gasteiger partial charge < -0.3 is 15.2 Å². The molecule has 0 saturated carbocycles. The molecule has 0 aliphatic rings. The number of aliphatic carboxylic acids is 1. The summed E-state index contributed by atoms with van der Waals surface area (Å²) in [6, 6.07) is 4.74. The number of hydrogen-bond acceptors (Lipinski definition) is 4. The van der Waals surface area contributed by atoms with Crippen LogP contribution in [0.3, 0.4) is 0 Å². The minimum absolute atomic E-state index is 0.0761. The van der Waals surface area contributed by atoms with Gasteiger partial charge in [-0.3, -0.25) is 4.79 Å². The van der Waals surface area contributed by atoms with E-state index in [1.54, 1.807) is 0 Å².